The molecule has 0 saturated heterocycles. The van der Waals surface area contributed by atoms with Crippen molar-refractivity contribution in [3.8, 4) is 0 Å². The molecule has 0 aliphatic rings. The number of rotatable bonds is 8. The molecule has 1 N–H and O–H groups in total. The summed E-state index contributed by atoms with van der Waals surface area (Å²) in [6, 6.07) is 8.16. The first-order chi connectivity index (χ1) is 13.5. The molecule has 148 valence electrons. The lowest BCUT2D eigenvalue weighted by molar-refractivity contribution is 0.0945. The van der Waals surface area contributed by atoms with Gasteiger partial charge >= 0.3 is 0 Å². The van der Waals surface area contributed by atoms with Crippen molar-refractivity contribution in [1.29, 1.82) is 0 Å². The van der Waals surface area contributed by atoms with Crippen molar-refractivity contribution in [2.24, 2.45) is 0 Å². The number of nitrogens with one attached hydrogen (secondary N) is 1. The van der Waals surface area contributed by atoms with Crippen molar-refractivity contribution in [3.05, 3.63) is 63.0 Å². The van der Waals surface area contributed by atoms with E-state index in [4.69, 9.17) is 9.72 Å². The standard InChI is InChI=1S/C21H25BrN4O2/c1-4-28-11-7-10-23-21(27)18-13-24-26-15(3)17(14(2)25-20(18)26)12-16-8-5-6-9-19(16)22/h5-6,8-9,13H,4,7,10-12H2,1-3H3,(H,23,27). The Morgan fingerprint density at radius 1 is 1.29 bits per heavy atom. The highest BCUT2D eigenvalue weighted by Crippen LogP contribution is 2.24. The van der Waals surface area contributed by atoms with Gasteiger partial charge in [-0.25, -0.2) is 9.50 Å². The summed E-state index contributed by atoms with van der Waals surface area (Å²) in [5, 5.41) is 7.34. The zero-order valence-corrected chi connectivity index (χ0v) is 18.0. The maximum atomic E-state index is 12.5. The molecule has 0 aliphatic carbocycles. The summed E-state index contributed by atoms with van der Waals surface area (Å²) < 4.78 is 8.12. The molecule has 0 fully saturated rings. The van der Waals surface area contributed by atoms with Crippen LogP contribution in [0.1, 0.15) is 46.2 Å². The number of benzene rings is 1. The SMILES string of the molecule is CCOCCCNC(=O)c1cnn2c(C)c(Cc3ccccc3Br)c(C)nc12. The third-order valence-electron chi connectivity index (χ3n) is 4.73. The maximum absolute atomic E-state index is 12.5. The van der Waals surface area contributed by atoms with Crippen molar-refractivity contribution >= 4 is 27.5 Å². The second-order valence-corrected chi connectivity index (χ2v) is 7.48. The number of carbonyl (C=O) groups is 1. The molecule has 0 spiro atoms. The fourth-order valence-electron chi connectivity index (χ4n) is 3.17. The molecule has 1 aromatic carbocycles. The quantitative estimate of drug-likeness (QED) is 0.535. The van der Waals surface area contributed by atoms with Crippen LogP contribution in [0.25, 0.3) is 5.65 Å². The zero-order valence-electron chi connectivity index (χ0n) is 16.5. The van der Waals surface area contributed by atoms with Gasteiger partial charge in [0.15, 0.2) is 5.65 Å². The summed E-state index contributed by atoms with van der Waals surface area (Å²) >= 11 is 3.61. The summed E-state index contributed by atoms with van der Waals surface area (Å²) in [6.07, 6.45) is 3.12. The van der Waals surface area contributed by atoms with Crippen LogP contribution in [0.4, 0.5) is 0 Å². The molecule has 3 aromatic rings. The Bertz CT molecular complexity index is 984. The van der Waals surface area contributed by atoms with Crippen LogP contribution in [0, 0.1) is 13.8 Å². The molecule has 1 amide bonds. The fourth-order valence-corrected chi connectivity index (χ4v) is 3.60. The highest BCUT2D eigenvalue weighted by Gasteiger charge is 2.18. The Kier molecular flexibility index (Phi) is 6.80. The third kappa shape index (κ3) is 4.42. The van der Waals surface area contributed by atoms with Gasteiger partial charge in [-0.2, -0.15) is 5.10 Å². The largest absolute Gasteiger partial charge is 0.382 e. The van der Waals surface area contributed by atoms with Crippen LogP contribution in [0.15, 0.2) is 34.9 Å². The molecule has 0 aliphatic heterocycles. The van der Waals surface area contributed by atoms with E-state index in [0.717, 1.165) is 34.3 Å². The first-order valence-electron chi connectivity index (χ1n) is 9.46. The molecule has 0 radical (unpaired) electrons. The number of halogens is 1. The van der Waals surface area contributed by atoms with Gasteiger partial charge in [0.25, 0.3) is 5.91 Å². The number of amides is 1. The molecule has 0 bridgehead atoms. The molecule has 2 heterocycles. The molecule has 28 heavy (non-hydrogen) atoms. The van der Waals surface area contributed by atoms with Crippen LogP contribution in [0.5, 0.6) is 0 Å². The summed E-state index contributed by atoms with van der Waals surface area (Å²) in [4.78, 5) is 17.2. The van der Waals surface area contributed by atoms with E-state index in [2.05, 4.69) is 32.4 Å². The van der Waals surface area contributed by atoms with E-state index < -0.39 is 0 Å². The number of fused-ring (bicyclic) bond motifs is 1. The van der Waals surface area contributed by atoms with Crippen molar-refractivity contribution in [3.63, 3.8) is 0 Å². The number of hydrogen-bond acceptors (Lipinski definition) is 4. The summed E-state index contributed by atoms with van der Waals surface area (Å²) in [6.45, 7) is 7.85. The average Bonchev–Trinajstić information content (AvgIpc) is 3.10. The number of ether oxygens (including phenoxy) is 1. The molecule has 3 rings (SSSR count). The highest BCUT2D eigenvalue weighted by molar-refractivity contribution is 9.10. The normalized spacial score (nSPS) is 11.1. The molecule has 7 heteroatoms. The van der Waals surface area contributed by atoms with E-state index in [-0.39, 0.29) is 5.91 Å². The zero-order chi connectivity index (χ0) is 20.1. The first kappa shape index (κ1) is 20.5. The fraction of sp³-hybridized carbons (Fsp3) is 0.381. The second kappa shape index (κ2) is 9.30. The Hall–Kier alpha value is -2.25. The summed E-state index contributed by atoms with van der Waals surface area (Å²) in [5.74, 6) is -0.156. The van der Waals surface area contributed by atoms with Gasteiger partial charge in [-0.3, -0.25) is 4.79 Å². The molecular weight excluding hydrogens is 420 g/mol. The molecular formula is C21H25BrN4O2. The minimum atomic E-state index is -0.156. The number of aromatic nitrogens is 3. The van der Waals surface area contributed by atoms with E-state index in [1.807, 2.05) is 39.0 Å². The van der Waals surface area contributed by atoms with Crippen LogP contribution in [-0.2, 0) is 11.2 Å². The smallest absolute Gasteiger partial charge is 0.256 e. The molecule has 0 atom stereocenters. The predicted molar refractivity (Wildman–Crippen MR) is 113 cm³/mol. The van der Waals surface area contributed by atoms with Crippen LogP contribution in [-0.4, -0.2) is 40.3 Å². The average molecular weight is 445 g/mol. The Morgan fingerprint density at radius 2 is 2.07 bits per heavy atom. The number of nitrogens with zero attached hydrogens (tertiary/aromatic N) is 3. The Morgan fingerprint density at radius 3 is 2.82 bits per heavy atom. The maximum Gasteiger partial charge on any atom is 0.256 e. The van der Waals surface area contributed by atoms with E-state index in [0.29, 0.717) is 31.0 Å². The minimum absolute atomic E-state index is 0.156. The van der Waals surface area contributed by atoms with E-state index >= 15 is 0 Å². The van der Waals surface area contributed by atoms with Gasteiger partial charge in [-0.1, -0.05) is 34.1 Å². The lowest BCUT2D eigenvalue weighted by Crippen LogP contribution is -2.25. The van der Waals surface area contributed by atoms with Crippen molar-refractivity contribution < 1.29 is 9.53 Å². The van der Waals surface area contributed by atoms with Gasteiger partial charge in [0.1, 0.15) is 5.56 Å². The molecule has 6 nitrogen and oxygen atoms in total. The third-order valence-corrected chi connectivity index (χ3v) is 5.51. The number of aryl methyl sites for hydroxylation is 2. The van der Waals surface area contributed by atoms with Crippen LogP contribution >= 0.6 is 15.9 Å². The van der Waals surface area contributed by atoms with E-state index in [9.17, 15) is 4.79 Å². The summed E-state index contributed by atoms with van der Waals surface area (Å²) in [7, 11) is 0. The Labute approximate surface area is 173 Å². The van der Waals surface area contributed by atoms with Crippen LogP contribution in [0.2, 0.25) is 0 Å². The number of hydrogen-bond donors (Lipinski definition) is 1. The number of carbonyl (C=O) groups excluding carboxylic acids is 1. The predicted octanol–water partition coefficient (Wildman–Crippen LogP) is 3.86. The first-order valence-corrected chi connectivity index (χ1v) is 10.2. The summed E-state index contributed by atoms with van der Waals surface area (Å²) in [5.41, 5.74) is 5.30. The van der Waals surface area contributed by atoms with Crippen molar-refractivity contribution in [2.45, 2.75) is 33.6 Å². The topological polar surface area (TPSA) is 68.5 Å². The minimum Gasteiger partial charge on any atom is -0.382 e. The van der Waals surface area contributed by atoms with Gasteiger partial charge in [-0.05, 0) is 44.4 Å². The molecule has 2 aromatic heterocycles. The Balaban J connectivity index is 1.83. The molecule has 0 saturated carbocycles. The molecule has 0 unspecified atom stereocenters. The van der Waals surface area contributed by atoms with Gasteiger partial charge in [0.2, 0.25) is 0 Å². The highest BCUT2D eigenvalue weighted by atomic mass is 79.9. The van der Waals surface area contributed by atoms with Crippen LogP contribution < -0.4 is 5.32 Å². The van der Waals surface area contributed by atoms with Gasteiger partial charge < -0.3 is 10.1 Å². The second-order valence-electron chi connectivity index (χ2n) is 6.63. The van der Waals surface area contributed by atoms with Gasteiger partial charge in [0.05, 0.1) is 6.20 Å². The van der Waals surface area contributed by atoms with E-state index in [1.54, 1.807) is 10.7 Å². The van der Waals surface area contributed by atoms with Crippen LogP contribution in [0.3, 0.4) is 0 Å². The van der Waals surface area contributed by atoms with E-state index in [1.165, 1.54) is 5.56 Å². The van der Waals surface area contributed by atoms with Gasteiger partial charge in [0, 0.05) is 42.0 Å². The lowest BCUT2D eigenvalue weighted by Gasteiger charge is -2.12. The van der Waals surface area contributed by atoms with Gasteiger partial charge in [-0.15, -0.1) is 0 Å². The lowest BCUT2D eigenvalue weighted by atomic mass is 10.0. The van der Waals surface area contributed by atoms with Crippen molar-refractivity contribution in [1.82, 2.24) is 19.9 Å². The van der Waals surface area contributed by atoms with Crippen molar-refractivity contribution in [2.75, 3.05) is 19.8 Å². The monoisotopic (exact) mass is 444 g/mol.